The second-order valence-electron chi connectivity index (χ2n) is 6.01. The summed E-state index contributed by atoms with van der Waals surface area (Å²) in [6, 6.07) is 16.3. The normalized spacial score (nSPS) is 12.1. The molecule has 3 aromatic rings. The molecule has 0 radical (unpaired) electrons. The summed E-state index contributed by atoms with van der Waals surface area (Å²) in [7, 11) is 0. The Hall–Kier alpha value is -2.60. The molecule has 25 heavy (non-hydrogen) atoms. The molecule has 2 N–H and O–H groups in total. The first-order chi connectivity index (χ1) is 12.0. The van der Waals surface area contributed by atoms with E-state index in [4.69, 9.17) is 5.73 Å². The Balaban J connectivity index is 2.12. The van der Waals surface area contributed by atoms with Gasteiger partial charge >= 0.3 is 0 Å². The Labute approximate surface area is 151 Å². The van der Waals surface area contributed by atoms with Crippen LogP contribution in [0.4, 0.5) is 0 Å². The number of primary amides is 1. The van der Waals surface area contributed by atoms with Crippen molar-refractivity contribution < 1.29 is 4.79 Å². The molecular formula is C19H20N4OS. The molecule has 0 saturated heterocycles. The number of thioether (sulfide) groups is 1. The maximum atomic E-state index is 11.5. The summed E-state index contributed by atoms with van der Waals surface area (Å²) in [6.07, 6.45) is 0. The number of carbonyl (C=O) groups is 1. The largest absolute Gasteiger partial charge is 0.369 e. The van der Waals surface area contributed by atoms with Crippen molar-refractivity contribution in [1.29, 1.82) is 0 Å². The zero-order valence-corrected chi connectivity index (χ0v) is 15.2. The van der Waals surface area contributed by atoms with Crippen molar-refractivity contribution in [3.05, 3.63) is 59.7 Å². The number of nitrogens with two attached hydrogens (primary N) is 1. The van der Waals surface area contributed by atoms with Gasteiger partial charge in [-0.15, -0.1) is 10.2 Å². The zero-order chi connectivity index (χ0) is 18.0. The number of nitrogens with zero attached hydrogens (tertiary/aromatic N) is 3. The van der Waals surface area contributed by atoms with Crippen LogP contribution in [0.1, 0.15) is 18.1 Å². The summed E-state index contributed by atoms with van der Waals surface area (Å²) in [5, 5.41) is 8.93. The van der Waals surface area contributed by atoms with E-state index in [1.165, 1.54) is 22.9 Å². The van der Waals surface area contributed by atoms with Crippen LogP contribution in [0.3, 0.4) is 0 Å². The maximum Gasteiger partial charge on any atom is 0.230 e. The standard InChI is InChI=1S/C19H20N4OS/c1-12-4-8-15(9-5-12)18-21-22-19(25-14(3)17(20)24)23(18)16-10-6-13(2)7-11-16/h4-11,14H,1-3H3,(H2,20,24)/t14-/m0/s1. The van der Waals surface area contributed by atoms with E-state index in [-0.39, 0.29) is 11.2 Å². The van der Waals surface area contributed by atoms with Crippen molar-refractivity contribution >= 4 is 17.7 Å². The summed E-state index contributed by atoms with van der Waals surface area (Å²) in [4.78, 5) is 11.5. The molecule has 1 atom stereocenters. The van der Waals surface area contributed by atoms with Gasteiger partial charge in [-0.05, 0) is 32.9 Å². The molecule has 0 aliphatic heterocycles. The van der Waals surface area contributed by atoms with Gasteiger partial charge in [-0.2, -0.15) is 0 Å². The molecule has 1 amide bonds. The lowest BCUT2D eigenvalue weighted by molar-refractivity contribution is -0.117. The number of carbonyl (C=O) groups excluding carboxylic acids is 1. The Kier molecular flexibility index (Phi) is 4.90. The molecule has 2 aromatic carbocycles. The topological polar surface area (TPSA) is 73.8 Å². The lowest BCUT2D eigenvalue weighted by Crippen LogP contribution is -2.23. The molecule has 0 aliphatic carbocycles. The lowest BCUT2D eigenvalue weighted by Gasteiger charge is -2.12. The average Bonchev–Trinajstić information content (AvgIpc) is 2.99. The van der Waals surface area contributed by atoms with Crippen LogP contribution in [0.25, 0.3) is 17.1 Å². The summed E-state index contributed by atoms with van der Waals surface area (Å²) < 4.78 is 1.97. The predicted octanol–water partition coefficient (Wildman–Crippen LogP) is 3.52. The summed E-state index contributed by atoms with van der Waals surface area (Å²) >= 11 is 1.31. The SMILES string of the molecule is Cc1ccc(-c2nnc(S[C@@H](C)C(N)=O)n2-c2ccc(C)cc2)cc1. The van der Waals surface area contributed by atoms with Gasteiger partial charge in [0.25, 0.3) is 0 Å². The highest BCUT2D eigenvalue weighted by Gasteiger charge is 2.20. The van der Waals surface area contributed by atoms with Gasteiger partial charge in [-0.25, -0.2) is 0 Å². The van der Waals surface area contributed by atoms with Crippen LogP contribution < -0.4 is 5.73 Å². The number of aromatic nitrogens is 3. The molecule has 1 heterocycles. The van der Waals surface area contributed by atoms with Crippen LogP contribution in [0.5, 0.6) is 0 Å². The van der Waals surface area contributed by atoms with Crippen LogP contribution in [0.2, 0.25) is 0 Å². The molecular weight excluding hydrogens is 332 g/mol. The molecule has 0 aliphatic rings. The summed E-state index contributed by atoms with van der Waals surface area (Å²) in [5.41, 5.74) is 9.69. The number of hydrogen-bond acceptors (Lipinski definition) is 4. The first-order valence-electron chi connectivity index (χ1n) is 8.01. The van der Waals surface area contributed by atoms with Crippen molar-refractivity contribution in [1.82, 2.24) is 14.8 Å². The van der Waals surface area contributed by atoms with Crippen molar-refractivity contribution in [2.75, 3.05) is 0 Å². The molecule has 3 rings (SSSR count). The number of hydrogen-bond donors (Lipinski definition) is 1. The van der Waals surface area contributed by atoms with Crippen molar-refractivity contribution in [2.24, 2.45) is 5.73 Å². The molecule has 6 heteroatoms. The Morgan fingerprint density at radius 1 is 1.00 bits per heavy atom. The van der Waals surface area contributed by atoms with E-state index in [9.17, 15) is 4.79 Å². The quantitative estimate of drug-likeness (QED) is 0.713. The smallest absolute Gasteiger partial charge is 0.230 e. The van der Waals surface area contributed by atoms with Gasteiger partial charge in [-0.1, -0.05) is 59.3 Å². The van der Waals surface area contributed by atoms with Crippen molar-refractivity contribution in [3.8, 4) is 17.1 Å². The van der Waals surface area contributed by atoms with Gasteiger partial charge in [0.15, 0.2) is 11.0 Å². The average molecular weight is 352 g/mol. The third-order valence-corrected chi connectivity index (χ3v) is 4.98. The third-order valence-electron chi connectivity index (χ3n) is 3.92. The van der Waals surface area contributed by atoms with E-state index in [2.05, 4.69) is 10.2 Å². The monoisotopic (exact) mass is 352 g/mol. The van der Waals surface area contributed by atoms with Crippen molar-refractivity contribution in [3.63, 3.8) is 0 Å². The molecule has 5 nitrogen and oxygen atoms in total. The molecule has 0 fully saturated rings. The maximum absolute atomic E-state index is 11.5. The minimum Gasteiger partial charge on any atom is -0.369 e. The van der Waals surface area contributed by atoms with E-state index in [0.29, 0.717) is 5.16 Å². The predicted molar refractivity (Wildman–Crippen MR) is 101 cm³/mol. The van der Waals surface area contributed by atoms with Gasteiger partial charge in [0.2, 0.25) is 5.91 Å². The fourth-order valence-corrected chi connectivity index (χ4v) is 3.20. The Bertz CT molecular complexity index is 885. The lowest BCUT2D eigenvalue weighted by atomic mass is 10.1. The van der Waals surface area contributed by atoms with Gasteiger partial charge in [0.05, 0.1) is 5.25 Å². The second kappa shape index (κ2) is 7.11. The molecule has 0 unspecified atom stereocenters. The number of rotatable bonds is 5. The van der Waals surface area contributed by atoms with E-state index in [1.54, 1.807) is 6.92 Å². The first kappa shape index (κ1) is 17.2. The number of amides is 1. The number of aryl methyl sites for hydroxylation is 2. The summed E-state index contributed by atoms with van der Waals surface area (Å²) in [6.45, 7) is 5.86. The molecule has 0 spiro atoms. The van der Waals surface area contributed by atoms with Gasteiger partial charge < -0.3 is 5.73 Å². The van der Waals surface area contributed by atoms with Crippen molar-refractivity contribution in [2.45, 2.75) is 31.2 Å². The van der Waals surface area contributed by atoms with E-state index < -0.39 is 0 Å². The third kappa shape index (κ3) is 3.74. The fourth-order valence-electron chi connectivity index (χ4n) is 2.38. The van der Waals surface area contributed by atoms with E-state index >= 15 is 0 Å². The van der Waals surface area contributed by atoms with Crippen LogP contribution >= 0.6 is 11.8 Å². The zero-order valence-electron chi connectivity index (χ0n) is 14.4. The minimum atomic E-state index is -0.390. The summed E-state index contributed by atoms with van der Waals surface area (Å²) in [5.74, 6) is 0.364. The van der Waals surface area contributed by atoms with E-state index in [1.807, 2.05) is 66.9 Å². The highest BCUT2D eigenvalue weighted by Crippen LogP contribution is 2.30. The van der Waals surface area contributed by atoms with Crippen LogP contribution in [0, 0.1) is 13.8 Å². The molecule has 0 saturated carbocycles. The fraction of sp³-hybridized carbons (Fsp3) is 0.211. The minimum absolute atomic E-state index is 0.375. The first-order valence-corrected chi connectivity index (χ1v) is 8.89. The molecule has 128 valence electrons. The van der Waals surface area contributed by atoms with Gasteiger partial charge in [0, 0.05) is 11.3 Å². The highest BCUT2D eigenvalue weighted by molar-refractivity contribution is 8.00. The van der Waals surface area contributed by atoms with Crippen LogP contribution in [-0.2, 0) is 4.79 Å². The Morgan fingerprint density at radius 2 is 1.56 bits per heavy atom. The number of benzene rings is 2. The highest BCUT2D eigenvalue weighted by atomic mass is 32.2. The molecule has 1 aromatic heterocycles. The molecule has 0 bridgehead atoms. The second-order valence-corrected chi connectivity index (χ2v) is 7.31. The van der Waals surface area contributed by atoms with Crippen LogP contribution in [0.15, 0.2) is 53.7 Å². The van der Waals surface area contributed by atoms with Crippen LogP contribution in [-0.4, -0.2) is 25.9 Å². The van der Waals surface area contributed by atoms with Gasteiger partial charge in [0.1, 0.15) is 0 Å². The van der Waals surface area contributed by atoms with Gasteiger partial charge in [-0.3, -0.25) is 9.36 Å². The Morgan fingerprint density at radius 3 is 2.12 bits per heavy atom. The van der Waals surface area contributed by atoms with E-state index in [0.717, 1.165) is 17.1 Å².